The number of nitrogens with zero attached hydrogens (tertiary/aromatic N) is 1. The molecule has 6 nitrogen and oxygen atoms in total. The lowest BCUT2D eigenvalue weighted by Crippen LogP contribution is -2.29. The van der Waals surface area contributed by atoms with Crippen LogP contribution in [0, 0.1) is 6.92 Å². The summed E-state index contributed by atoms with van der Waals surface area (Å²) in [4.78, 5) is 27.9. The van der Waals surface area contributed by atoms with Gasteiger partial charge in [0.05, 0.1) is 25.3 Å². The molecule has 1 atom stereocenters. The Morgan fingerprint density at radius 3 is 2.36 bits per heavy atom. The van der Waals surface area contributed by atoms with Gasteiger partial charge < -0.3 is 14.6 Å². The Balaban J connectivity index is 1.93. The van der Waals surface area contributed by atoms with Crippen LogP contribution in [-0.4, -0.2) is 30.5 Å². The number of ketones is 1. The largest absolute Gasteiger partial charge is 0.507 e. The standard InChI is InChI=1S/C27H25NO5/c1-4-33-22-10-6-8-19(16-22)25(29)23-24(18-7-5-9-21(15-18)32-3)28(27(31)26(23)30)20-13-11-17(2)12-14-20/h5-16,24,29H,4H2,1-3H3/b25-23-. The molecule has 1 amide bonds. The first-order chi connectivity index (χ1) is 15.9. The summed E-state index contributed by atoms with van der Waals surface area (Å²) in [5.41, 5.74) is 2.66. The number of anilines is 1. The Morgan fingerprint density at radius 1 is 0.970 bits per heavy atom. The Kier molecular flexibility index (Phi) is 6.18. The number of methoxy groups -OCH3 is 1. The molecule has 33 heavy (non-hydrogen) atoms. The highest BCUT2D eigenvalue weighted by atomic mass is 16.5. The molecule has 1 aliphatic rings. The topological polar surface area (TPSA) is 76.1 Å². The van der Waals surface area contributed by atoms with E-state index in [9.17, 15) is 14.7 Å². The first kappa shape index (κ1) is 22.1. The molecule has 0 spiro atoms. The van der Waals surface area contributed by atoms with Crippen molar-refractivity contribution in [3.63, 3.8) is 0 Å². The average Bonchev–Trinajstić information content (AvgIpc) is 3.10. The number of rotatable bonds is 6. The third-order valence-electron chi connectivity index (χ3n) is 5.58. The molecular weight excluding hydrogens is 418 g/mol. The van der Waals surface area contributed by atoms with E-state index in [2.05, 4.69) is 0 Å². The molecule has 0 aromatic heterocycles. The van der Waals surface area contributed by atoms with Crippen LogP contribution in [0.2, 0.25) is 0 Å². The second kappa shape index (κ2) is 9.20. The monoisotopic (exact) mass is 443 g/mol. The summed E-state index contributed by atoms with van der Waals surface area (Å²) in [5.74, 6) is -0.554. The third kappa shape index (κ3) is 4.20. The van der Waals surface area contributed by atoms with Crippen LogP contribution in [0.5, 0.6) is 11.5 Å². The summed E-state index contributed by atoms with van der Waals surface area (Å²) in [6.45, 7) is 4.27. The first-order valence-corrected chi connectivity index (χ1v) is 10.7. The van der Waals surface area contributed by atoms with Gasteiger partial charge in [0, 0.05) is 11.3 Å². The van der Waals surface area contributed by atoms with Crippen molar-refractivity contribution in [2.75, 3.05) is 18.6 Å². The molecule has 1 unspecified atom stereocenters. The molecule has 1 saturated heterocycles. The Hall–Kier alpha value is -4.06. The Bertz CT molecular complexity index is 1230. The van der Waals surface area contributed by atoms with Gasteiger partial charge in [-0.25, -0.2) is 0 Å². The number of amides is 1. The number of carbonyl (C=O) groups is 2. The summed E-state index contributed by atoms with van der Waals surface area (Å²) >= 11 is 0. The van der Waals surface area contributed by atoms with Gasteiger partial charge >= 0.3 is 0 Å². The fourth-order valence-corrected chi connectivity index (χ4v) is 3.99. The Morgan fingerprint density at radius 2 is 1.67 bits per heavy atom. The van der Waals surface area contributed by atoms with E-state index in [1.807, 2.05) is 32.0 Å². The van der Waals surface area contributed by atoms with Gasteiger partial charge in [0.1, 0.15) is 17.3 Å². The Labute approximate surface area is 192 Å². The van der Waals surface area contributed by atoms with E-state index in [1.165, 1.54) is 4.90 Å². The van der Waals surface area contributed by atoms with Crippen molar-refractivity contribution in [3.8, 4) is 11.5 Å². The first-order valence-electron chi connectivity index (χ1n) is 10.7. The maximum atomic E-state index is 13.2. The van der Waals surface area contributed by atoms with Crippen LogP contribution in [0.25, 0.3) is 5.76 Å². The van der Waals surface area contributed by atoms with Crippen LogP contribution in [0.1, 0.15) is 29.7 Å². The second-order valence-electron chi connectivity index (χ2n) is 7.74. The summed E-state index contributed by atoms with van der Waals surface area (Å²) < 4.78 is 10.9. The highest BCUT2D eigenvalue weighted by molar-refractivity contribution is 6.51. The summed E-state index contributed by atoms with van der Waals surface area (Å²) in [6.07, 6.45) is 0. The molecule has 0 radical (unpaired) electrons. The fourth-order valence-electron chi connectivity index (χ4n) is 3.99. The lowest BCUT2D eigenvalue weighted by atomic mass is 9.95. The van der Waals surface area contributed by atoms with Crippen molar-refractivity contribution in [2.45, 2.75) is 19.9 Å². The number of aryl methyl sites for hydroxylation is 1. The van der Waals surface area contributed by atoms with Crippen molar-refractivity contribution < 1.29 is 24.2 Å². The normalized spacial score (nSPS) is 17.3. The second-order valence-corrected chi connectivity index (χ2v) is 7.74. The SMILES string of the molecule is CCOc1cccc(/C(O)=C2/C(=O)C(=O)N(c3ccc(C)cc3)C2c2cccc(OC)c2)c1. The molecular formula is C27H25NO5. The number of ether oxygens (including phenoxy) is 2. The molecule has 6 heteroatoms. The number of hydrogen-bond acceptors (Lipinski definition) is 5. The molecule has 0 bridgehead atoms. The van der Waals surface area contributed by atoms with Crippen LogP contribution in [0.4, 0.5) is 5.69 Å². The minimum Gasteiger partial charge on any atom is -0.507 e. The fraction of sp³-hybridized carbons (Fsp3) is 0.185. The minimum absolute atomic E-state index is 0.0162. The van der Waals surface area contributed by atoms with E-state index in [4.69, 9.17) is 9.47 Å². The van der Waals surface area contributed by atoms with Crippen LogP contribution >= 0.6 is 0 Å². The van der Waals surface area contributed by atoms with Crippen molar-refractivity contribution in [1.29, 1.82) is 0 Å². The van der Waals surface area contributed by atoms with E-state index < -0.39 is 17.7 Å². The lowest BCUT2D eigenvalue weighted by Gasteiger charge is -2.26. The molecule has 3 aromatic rings. The zero-order valence-corrected chi connectivity index (χ0v) is 18.7. The van der Waals surface area contributed by atoms with E-state index in [0.717, 1.165) is 5.56 Å². The third-order valence-corrected chi connectivity index (χ3v) is 5.58. The highest BCUT2D eigenvalue weighted by Crippen LogP contribution is 2.43. The van der Waals surface area contributed by atoms with Gasteiger partial charge in [0.15, 0.2) is 0 Å². The number of aliphatic hydroxyl groups is 1. The smallest absolute Gasteiger partial charge is 0.300 e. The van der Waals surface area contributed by atoms with Gasteiger partial charge in [-0.2, -0.15) is 0 Å². The zero-order valence-electron chi connectivity index (χ0n) is 18.7. The molecule has 1 fully saturated rings. The molecule has 1 heterocycles. The summed E-state index contributed by atoms with van der Waals surface area (Å²) in [7, 11) is 1.55. The quantitative estimate of drug-likeness (QED) is 0.329. The van der Waals surface area contributed by atoms with Crippen molar-refractivity contribution in [2.24, 2.45) is 0 Å². The molecule has 0 saturated carbocycles. The van der Waals surface area contributed by atoms with Crippen LogP contribution in [0.3, 0.4) is 0 Å². The zero-order chi connectivity index (χ0) is 23.5. The van der Waals surface area contributed by atoms with Gasteiger partial charge in [0.2, 0.25) is 0 Å². The van der Waals surface area contributed by atoms with E-state index >= 15 is 0 Å². The molecule has 1 aliphatic heterocycles. The van der Waals surface area contributed by atoms with Crippen LogP contribution in [-0.2, 0) is 9.59 Å². The number of carbonyl (C=O) groups excluding carboxylic acids is 2. The summed E-state index contributed by atoms with van der Waals surface area (Å²) in [6, 6.07) is 20.5. The van der Waals surface area contributed by atoms with Crippen molar-refractivity contribution in [1.82, 2.24) is 0 Å². The van der Waals surface area contributed by atoms with Gasteiger partial charge in [-0.15, -0.1) is 0 Å². The predicted octanol–water partition coefficient (Wildman–Crippen LogP) is 5.03. The molecule has 1 N–H and O–H groups in total. The molecule has 3 aromatic carbocycles. The van der Waals surface area contributed by atoms with Crippen molar-refractivity contribution >= 4 is 23.1 Å². The summed E-state index contributed by atoms with van der Waals surface area (Å²) in [5, 5.41) is 11.3. The molecule has 168 valence electrons. The number of benzene rings is 3. The predicted molar refractivity (Wildman–Crippen MR) is 127 cm³/mol. The highest BCUT2D eigenvalue weighted by Gasteiger charge is 2.47. The van der Waals surface area contributed by atoms with Gasteiger partial charge in [-0.1, -0.05) is 42.0 Å². The number of hydrogen-bond donors (Lipinski definition) is 1. The average molecular weight is 443 g/mol. The van der Waals surface area contributed by atoms with E-state index in [-0.39, 0.29) is 11.3 Å². The maximum absolute atomic E-state index is 13.2. The van der Waals surface area contributed by atoms with Gasteiger partial charge in [-0.05, 0) is 55.8 Å². The van der Waals surface area contributed by atoms with Gasteiger partial charge in [0.25, 0.3) is 11.7 Å². The van der Waals surface area contributed by atoms with Crippen LogP contribution in [0.15, 0.2) is 78.4 Å². The van der Waals surface area contributed by atoms with E-state index in [0.29, 0.717) is 34.9 Å². The van der Waals surface area contributed by atoms with E-state index in [1.54, 1.807) is 61.7 Å². The maximum Gasteiger partial charge on any atom is 0.300 e. The van der Waals surface area contributed by atoms with Crippen molar-refractivity contribution in [3.05, 3.63) is 95.1 Å². The molecule has 0 aliphatic carbocycles. The lowest BCUT2D eigenvalue weighted by molar-refractivity contribution is -0.132. The minimum atomic E-state index is -0.821. The van der Waals surface area contributed by atoms with Crippen LogP contribution < -0.4 is 14.4 Å². The van der Waals surface area contributed by atoms with Gasteiger partial charge in [-0.3, -0.25) is 14.5 Å². The number of Topliss-reactive ketones (excluding diaryl/α,β-unsaturated/α-hetero) is 1. The molecule has 4 rings (SSSR count). The number of aliphatic hydroxyl groups excluding tert-OH is 1.